The lowest BCUT2D eigenvalue weighted by Gasteiger charge is -2.16. The van der Waals surface area contributed by atoms with E-state index in [9.17, 15) is 18.4 Å². The quantitative estimate of drug-likeness (QED) is 0.341. The molecule has 1 unspecified atom stereocenters. The molecule has 0 amide bonds. The van der Waals surface area contributed by atoms with Crippen molar-refractivity contribution in [1.82, 2.24) is 0 Å². The largest absolute Gasteiger partial charge is 0.481 e. The number of rotatable bonds is 9. The summed E-state index contributed by atoms with van der Waals surface area (Å²) >= 11 is 0. The van der Waals surface area contributed by atoms with Gasteiger partial charge in [0.15, 0.2) is 0 Å². The molecule has 0 radical (unpaired) electrons. The highest BCUT2D eigenvalue weighted by Crippen LogP contribution is 2.38. The number of nitrogens with zero attached hydrogens (tertiary/aromatic N) is 1. The average molecular weight is 346 g/mol. The van der Waals surface area contributed by atoms with Gasteiger partial charge in [-0.3, -0.25) is 9.59 Å². The molecule has 0 heterocycles. The minimum atomic E-state index is -5.00. The Morgan fingerprint density at radius 2 is 1.81 bits per heavy atom. The normalized spacial score (nSPS) is 17.5. The fourth-order valence-corrected chi connectivity index (χ4v) is 5.40. The Bertz CT molecular complexity index is 550. The van der Waals surface area contributed by atoms with E-state index >= 15 is 0 Å². The second-order valence-electron chi connectivity index (χ2n) is 4.42. The van der Waals surface area contributed by atoms with Gasteiger partial charge in [0, 0.05) is 11.5 Å². The minimum Gasteiger partial charge on any atom is -0.481 e. The summed E-state index contributed by atoms with van der Waals surface area (Å²) in [5.74, 6) is -4.81. The fourth-order valence-electron chi connectivity index (χ4n) is 1.46. The summed E-state index contributed by atoms with van der Waals surface area (Å²) in [6, 6.07) is -1.37. The summed E-state index contributed by atoms with van der Waals surface area (Å²) in [7, 11) is -8.59. The first-order chi connectivity index (χ1) is 9.40. The number of carboxylic acids is 2. The van der Waals surface area contributed by atoms with Crippen molar-refractivity contribution in [1.29, 1.82) is 0 Å². The van der Waals surface area contributed by atoms with E-state index in [1.807, 2.05) is 0 Å². The Morgan fingerprint density at radius 3 is 2.14 bits per heavy atom. The summed E-state index contributed by atoms with van der Waals surface area (Å²) in [5, 5.41) is 17.6. The molecule has 0 aromatic heterocycles. The molecular weight excluding hydrogens is 327 g/mol. The third-order valence-electron chi connectivity index (χ3n) is 2.62. The summed E-state index contributed by atoms with van der Waals surface area (Å²) in [4.78, 5) is 39.2. The van der Waals surface area contributed by atoms with E-state index in [0.29, 0.717) is 0 Å². The van der Waals surface area contributed by atoms with Crippen LogP contribution in [0.25, 0.3) is 0 Å². The van der Waals surface area contributed by atoms with Gasteiger partial charge in [0.2, 0.25) is 0 Å². The van der Waals surface area contributed by atoms with Crippen LogP contribution in [0, 0.1) is 5.92 Å². The molecule has 0 saturated carbocycles. The van der Waals surface area contributed by atoms with Crippen molar-refractivity contribution in [2.24, 2.45) is 15.8 Å². The molecule has 0 aliphatic rings. The van der Waals surface area contributed by atoms with Gasteiger partial charge in [-0.2, -0.15) is 0 Å². The van der Waals surface area contributed by atoms with Crippen molar-refractivity contribution < 1.29 is 38.4 Å². The van der Waals surface area contributed by atoms with Crippen LogP contribution < -0.4 is 5.73 Å². The Labute approximate surface area is 121 Å². The van der Waals surface area contributed by atoms with Gasteiger partial charge in [0.25, 0.3) is 0 Å². The molecule has 12 heteroatoms. The number of nitrogens with two attached hydrogens (primary N) is 1. The summed E-state index contributed by atoms with van der Waals surface area (Å²) in [6.45, 7) is 1.51. The van der Waals surface area contributed by atoms with E-state index in [0.717, 1.165) is 0 Å². The van der Waals surface area contributed by atoms with Crippen LogP contribution in [0.15, 0.2) is 4.13 Å². The molecule has 0 spiro atoms. The van der Waals surface area contributed by atoms with E-state index in [2.05, 4.69) is 4.13 Å². The standard InChI is InChI=1S/C9H19N2O8PS/c1-2-6(8(12)13)5-21(19,11-20(16,17)18)4-3-7(10)9(14)15/h6-7H,2-5,10H2,1H3,(H,12,13)(H,14,15)(H2,16,17,18)/t6-,7+,21?/m1/s1. The minimum absolute atomic E-state index is 0.0913. The van der Waals surface area contributed by atoms with Gasteiger partial charge in [-0.1, -0.05) is 6.92 Å². The third kappa shape index (κ3) is 8.12. The van der Waals surface area contributed by atoms with Crippen molar-refractivity contribution in [2.45, 2.75) is 25.8 Å². The molecule has 0 fully saturated rings. The predicted octanol–water partition coefficient (Wildman–Crippen LogP) is -0.540. The lowest BCUT2D eigenvalue weighted by atomic mass is 10.1. The summed E-state index contributed by atoms with van der Waals surface area (Å²) in [6.07, 6.45) is -0.248. The molecule has 10 nitrogen and oxygen atoms in total. The smallest absolute Gasteiger partial charge is 0.456 e. The van der Waals surface area contributed by atoms with Crippen molar-refractivity contribution >= 4 is 29.4 Å². The van der Waals surface area contributed by atoms with Crippen LogP contribution in [0.2, 0.25) is 0 Å². The van der Waals surface area contributed by atoms with Crippen LogP contribution >= 0.6 is 7.75 Å². The molecule has 0 saturated heterocycles. The Balaban J connectivity index is 5.36. The van der Waals surface area contributed by atoms with Gasteiger partial charge in [-0.25, -0.2) is 8.77 Å². The zero-order valence-electron chi connectivity index (χ0n) is 11.3. The van der Waals surface area contributed by atoms with Crippen LogP contribution in [0.4, 0.5) is 0 Å². The molecule has 3 atom stereocenters. The second kappa shape index (κ2) is 7.85. The van der Waals surface area contributed by atoms with E-state index in [-0.39, 0.29) is 12.8 Å². The Morgan fingerprint density at radius 1 is 1.29 bits per heavy atom. The zero-order chi connectivity index (χ0) is 16.8. The molecule has 0 aliphatic heterocycles. The second-order valence-corrected chi connectivity index (χ2v) is 8.38. The number of carbonyl (C=O) groups is 2. The first kappa shape index (κ1) is 20.0. The van der Waals surface area contributed by atoms with E-state index in [4.69, 9.17) is 25.7 Å². The zero-order valence-corrected chi connectivity index (χ0v) is 13.0. The van der Waals surface area contributed by atoms with Crippen molar-refractivity contribution in [3.63, 3.8) is 0 Å². The lowest BCUT2D eigenvalue weighted by Crippen LogP contribution is -2.33. The van der Waals surface area contributed by atoms with E-state index in [1.165, 1.54) is 6.92 Å². The maximum atomic E-state index is 12.4. The van der Waals surface area contributed by atoms with Crippen molar-refractivity contribution in [3.8, 4) is 0 Å². The first-order valence-corrected chi connectivity index (χ1v) is 9.33. The van der Waals surface area contributed by atoms with Crippen molar-refractivity contribution in [2.75, 3.05) is 11.5 Å². The van der Waals surface area contributed by atoms with Gasteiger partial charge >= 0.3 is 19.7 Å². The highest BCUT2D eigenvalue weighted by molar-refractivity contribution is 7.96. The van der Waals surface area contributed by atoms with Crippen LogP contribution in [0.1, 0.15) is 19.8 Å². The average Bonchev–Trinajstić information content (AvgIpc) is 2.30. The highest BCUT2D eigenvalue weighted by atomic mass is 32.2. The van der Waals surface area contributed by atoms with Crippen molar-refractivity contribution in [3.05, 3.63) is 0 Å². The van der Waals surface area contributed by atoms with Gasteiger partial charge in [-0.15, -0.1) is 4.13 Å². The molecule has 0 aromatic carbocycles. The van der Waals surface area contributed by atoms with Gasteiger partial charge in [0.1, 0.15) is 6.04 Å². The first-order valence-electron chi connectivity index (χ1n) is 5.91. The number of hydrogen-bond donors (Lipinski definition) is 5. The maximum Gasteiger partial charge on any atom is 0.456 e. The summed E-state index contributed by atoms with van der Waals surface area (Å²) < 4.78 is 26.3. The van der Waals surface area contributed by atoms with E-state index < -0.39 is 52.9 Å². The topological polar surface area (TPSA) is 188 Å². The molecule has 0 bridgehead atoms. The van der Waals surface area contributed by atoms with Crippen LogP contribution in [-0.4, -0.2) is 53.7 Å². The molecule has 21 heavy (non-hydrogen) atoms. The number of carboxylic acid groups (broad SMARTS) is 2. The number of aliphatic carboxylic acids is 2. The summed E-state index contributed by atoms with van der Waals surface area (Å²) in [5.41, 5.74) is 5.23. The lowest BCUT2D eigenvalue weighted by molar-refractivity contribution is -0.141. The van der Waals surface area contributed by atoms with Gasteiger partial charge < -0.3 is 25.7 Å². The SMILES string of the molecule is CC[C@H](CS(=O)(CC[C@H](N)C(=O)O)=NP(=O)(O)O)C(=O)O. The van der Waals surface area contributed by atoms with Crippen LogP contribution in [0.5, 0.6) is 0 Å². The van der Waals surface area contributed by atoms with Gasteiger partial charge in [-0.05, 0) is 12.8 Å². The molecule has 6 N–H and O–H groups in total. The maximum absolute atomic E-state index is 12.4. The molecular formula is C9H19N2O8PS. The fraction of sp³-hybridized carbons (Fsp3) is 0.778. The number of hydrogen-bond acceptors (Lipinski definition) is 5. The van der Waals surface area contributed by atoms with Crippen LogP contribution in [-0.2, 0) is 23.9 Å². The van der Waals surface area contributed by atoms with E-state index in [1.54, 1.807) is 0 Å². The molecule has 0 aromatic rings. The Hall–Kier alpha value is -1.00. The molecule has 0 aliphatic carbocycles. The highest BCUT2D eigenvalue weighted by Gasteiger charge is 2.27. The predicted molar refractivity (Wildman–Crippen MR) is 74.0 cm³/mol. The van der Waals surface area contributed by atoms with Crippen LogP contribution in [0.3, 0.4) is 0 Å². The molecule has 124 valence electrons. The Kier molecular flexibility index (Phi) is 7.48. The van der Waals surface area contributed by atoms with Gasteiger partial charge in [0.05, 0.1) is 15.6 Å². The molecule has 0 rings (SSSR count). The monoisotopic (exact) mass is 346 g/mol. The third-order valence-corrected chi connectivity index (χ3v) is 6.46.